The highest BCUT2D eigenvalue weighted by Gasteiger charge is 2.35. The zero-order valence-corrected chi connectivity index (χ0v) is 14.3. The van der Waals surface area contributed by atoms with E-state index in [9.17, 15) is 5.11 Å². The highest BCUT2D eigenvalue weighted by Crippen LogP contribution is 2.32. The van der Waals surface area contributed by atoms with E-state index in [2.05, 4.69) is 42.5 Å². The Bertz CT molecular complexity index is 815. The average molecular weight is 312 g/mol. The summed E-state index contributed by atoms with van der Waals surface area (Å²) in [6, 6.07) is 15.0. The van der Waals surface area contributed by atoms with E-state index in [1.165, 1.54) is 20.2 Å². The molecule has 0 saturated heterocycles. The lowest BCUT2D eigenvalue weighted by atomic mass is 9.82. The average Bonchev–Trinajstić information content (AvgIpc) is 2.82. The van der Waals surface area contributed by atoms with Crippen LogP contribution in [0.3, 0.4) is 0 Å². The molecule has 0 atom stereocenters. The Kier molecular flexibility index (Phi) is 3.80. The van der Waals surface area contributed by atoms with Crippen molar-refractivity contribution in [3.8, 4) is 0 Å². The third kappa shape index (κ3) is 2.79. The predicted molar refractivity (Wildman–Crippen MR) is 97.6 cm³/mol. The lowest BCUT2D eigenvalue weighted by Crippen LogP contribution is -2.49. The molecule has 1 aromatic heterocycles. The molecule has 4 heteroatoms. The van der Waals surface area contributed by atoms with Gasteiger partial charge >= 0.3 is 7.48 Å². The molecule has 22 heavy (non-hydrogen) atoms. The maximum Gasteiger partial charge on any atom is 0.309 e. The molecular weight excluding hydrogens is 291 g/mol. The van der Waals surface area contributed by atoms with E-state index in [-0.39, 0.29) is 0 Å². The molecule has 0 aliphatic heterocycles. The van der Waals surface area contributed by atoms with Gasteiger partial charge in [-0.25, -0.2) is 0 Å². The molecule has 0 amide bonds. The molecule has 0 aliphatic carbocycles. The van der Waals surface area contributed by atoms with Crippen molar-refractivity contribution in [3.05, 3.63) is 42.5 Å². The molecule has 1 N–H and O–H groups in total. The van der Waals surface area contributed by atoms with E-state index in [1.54, 1.807) is 13.8 Å². The van der Waals surface area contributed by atoms with Crippen molar-refractivity contribution in [2.45, 2.75) is 38.9 Å². The predicted octanol–water partition coefficient (Wildman–Crippen LogP) is 3.60. The van der Waals surface area contributed by atoms with Crippen molar-refractivity contribution in [1.82, 2.24) is 0 Å². The van der Waals surface area contributed by atoms with Gasteiger partial charge in [0.15, 0.2) is 0 Å². The van der Waals surface area contributed by atoms with Gasteiger partial charge in [0.1, 0.15) is 0 Å². The van der Waals surface area contributed by atoms with Crippen LogP contribution in [-0.2, 0) is 4.65 Å². The first-order valence-corrected chi connectivity index (χ1v) is 8.36. The molecule has 0 fully saturated rings. The first-order chi connectivity index (χ1) is 10.3. The second-order valence-electron chi connectivity index (χ2n) is 6.79. The molecule has 2 nitrogen and oxygen atoms in total. The second kappa shape index (κ2) is 5.37. The Morgan fingerprint density at radius 2 is 1.64 bits per heavy atom. The maximum absolute atomic E-state index is 10.2. The fourth-order valence-electron chi connectivity index (χ4n) is 2.30. The van der Waals surface area contributed by atoms with Crippen LogP contribution in [0.2, 0.25) is 0 Å². The lowest BCUT2D eigenvalue weighted by Gasteiger charge is -2.37. The zero-order valence-electron chi connectivity index (χ0n) is 13.5. The summed E-state index contributed by atoms with van der Waals surface area (Å²) in [4.78, 5) is 0. The summed E-state index contributed by atoms with van der Waals surface area (Å²) >= 11 is 1.82. The van der Waals surface area contributed by atoms with Crippen LogP contribution >= 0.6 is 11.3 Å². The fourth-order valence-corrected chi connectivity index (χ4v) is 3.39. The van der Waals surface area contributed by atoms with Crippen LogP contribution in [0.25, 0.3) is 20.2 Å². The van der Waals surface area contributed by atoms with Gasteiger partial charge in [-0.05, 0) is 45.2 Å². The van der Waals surface area contributed by atoms with Crippen LogP contribution < -0.4 is 5.46 Å². The van der Waals surface area contributed by atoms with Crippen molar-refractivity contribution in [3.63, 3.8) is 0 Å². The molecule has 3 aromatic rings. The molecule has 3 rings (SSSR count). The smallest absolute Gasteiger partial charge is 0.309 e. The molecule has 0 unspecified atom stereocenters. The summed E-state index contributed by atoms with van der Waals surface area (Å²) in [6.45, 7) is 7.40. The van der Waals surface area contributed by atoms with Gasteiger partial charge in [-0.2, -0.15) is 0 Å². The van der Waals surface area contributed by atoms with Gasteiger partial charge in [0.25, 0.3) is 0 Å². The highest BCUT2D eigenvalue weighted by molar-refractivity contribution is 7.25. The van der Waals surface area contributed by atoms with E-state index in [1.807, 2.05) is 25.2 Å². The SMILES string of the molecule is CC(C)(O)C(C)(C)OBc1ccc2sc3ccccc3c2c1. The summed E-state index contributed by atoms with van der Waals surface area (Å²) in [5, 5.41) is 12.8. The summed E-state index contributed by atoms with van der Waals surface area (Å²) in [5.41, 5.74) is -0.349. The normalized spacial score (nSPS) is 13.0. The number of aliphatic hydroxyl groups is 1. The van der Waals surface area contributed by atoms with Crippen LogP contribution in [0.5, 0.6) is 0 Å². The van der Waals surface area contributed by atoms with Gasteiger partial charge in [-0.1, -0.05) is 35.8 Å². The Balaban J connectivity index is 1.91. The first-order valence-electron chi connectivity index (χ1n) is 7.54. The fraction of sp³-hybridized carbons (Fsp3) is 0.333. The number of benzene rings is 2. The molecule has 0 radical (unpaired) electrons. The van der Waals surface area contributed by atoms with Gasteiger partial charge in [0, 0.05) is 14.8 Å². The van der Waals surface area contributed by atoms with Crippen LogP contribution in [0, 0.1) is 0 Å². The lowest BCUT2D eigenvalue weighted by molar-refractivity contribution is -0.0893. The molecule has 1 heterocycles. The Hall–Kier alpha value is -1.36. The van der Waals surface area contributed by atoms with Crippen molar-refractivity contribution >= 4 is 44.5 Å². The third-order valence-corrected chi connectivity index (χ3v) is 5.67. The molecule has 2 aromatic carbocycles. The highest BCUT2D eigenvalue weighted by atomic mass is 32.1. The van der Waals surface area contributed by atoms with Gasteiger partial charge in [0.2, 0.25) is 0 Å². The Morgan fingerprint density at radius 1 is 0.955 bits per heavy atom. The van der Waals surface area contributed by atoms with Crippen molar-refractivity contribution in [2.75, 3.05) is 0 Å². The summed E-state index contributed by atoms with van der Waals surface area (Å²) in [5.74, 6) is 0. The Morgan fingerprint density at radius 3 is 2.36 bits per heavy atom. The van der Waals surface area contributed by atoms with Crippen LogP contribution in [0.1, 0.15) is 27.7 Å². The molecule has 114 valence electrons. The summed E-state index contributed by atoms with van der Waals surface area (Å²) < 4.78 is 8.58. The minimum absolute atomic E-state index is 0.497. The van der Waals surface area contributed by atoms with E-state index in [0.717, 1.165) is 5.46 Å². The van der Waals surface area contributed by atoms with Crippen molar-refractivity contribution < 1.29 is 9.76 Å². The van der Waals surface area contributed by atoms with Gasteiger partial charge in [-0.3, -0.25) is 0 Å². The van der Waals surface area contributed by atoms with Crippen molar-refractivity contribution in [2.24, 2.45) is 0 Å². The molecule has 0 bridgehead atoms. The standard InChI is InChI=1S/C18H21BO2S/c1-17(2,20)18(3,4)21-19-12-9-10-16-14(11-12)13-7-5-6-8-15(13)22-16/h5-11,19-20H,1-4H3. The van der Waals surface area contributed by atoms with Crippen molar-refractivity contribution in [1.29, 1.82) is 0 Å². The number of thiophene rings is 1. The molecular formula is C18H21BO2S. The number of rotatable bonds is 4. The van der Waals surface area contributed by atoms with Crippen LogP contribution in [-0.4, -0.2) is 23.8 Å². The number of hydrogen-bond acceptors (Lipinski definition) is 3. The van der Waals surface area contributed by atoms with E-state index in [0.29, 0.717) is 7.48 Å². The van der Waals surface area contributed by atoms with Crippen LogP contribution in [0.4, 0.5) is 0 Å². The Labute approximate surface area is 136 Å². The summed E-state index contributed by atoms with van der Waals surface area (Å²) in [6.07, 6.45) is 0. The van der Waals surface area contributed by atoms with E-state index < -0.39 is 11.2 Å². The largest absolute Gasteiger partial charge is 0.427 e. The topological polar surface area (TPSA) is 29.5 Å². The minimum Gasteiger partial charge on any atom is -0.427 e. The maximum atomic E-state index is 10.2. The monoisotopic (exact) mass is 312 g/mol. The third-order valence-electron chi connectivity index (χ3n) is 4.51. The number of hydrogen-bond donors (Lipinski definition) is 1. The first kappa shape index (κ1) is 15.5. The van der Waals surface area contributed by atoms with Crippen LogP contribution in [0.15, 0.2) is 42.5 Å². The van der Waals surface area contributed by atoms with E-state index in [4.69, 9.17) is 4.65 Å². The molecule has 0 saturated carbocycles. The van der Waals surface area contributed by atoms with Gasteiger partial charge in [-0.15, -0.1) is 11.3 Å². The van der Waals surface area contributed by atoms with Gasteiger partial charge < -0.3 is 9.76 Å². The van der Waals surface area contributed by atoms with Gasteiger partial charge in [0.05, 0.1) is 11.2 Å². The quantitative estimate of drug-likeness (QED) is 0.746. The zero-order chi connectivity index (χ0) is 16.0. The molecule has 0 spiro atoms. The number of fused-ring (bicyclic) bond motifs is 3. The molecule has 0 aliphatic rings. The van der Waals surface area contributed by atoms with E-state index >= 15 is 0 Å². The second-order valence-corrected chi connectivity index (χ2v) is 7.87. The summed E-state index contributed by atoms with van der Waals surface area (Å²) in [7, 11) is 0.497. The minimum atomic E-state index is -0.883.